The number of benzene rings is 3. The number of aryl methyl sites for hydroxylation is 3. The fourth-order valence-corrected chi connectivity index (χ4v) is 4.18. The number of amides is 1. The van der Waals surface area contributed by atoms with Crippen LogP contribution in [-0.4, -0.2) is 26.4 Å². The van der Waals surface area contributed by atoms with Gasteiger partial charge in [-0.05, 0) is 56.7 Å². The molecule has 1 aromatic heterocycles. The molecule has 0 aliphatic rings. The SMILES string of the molecule is Cc1ccc(NC(=O)CSc2nnc(COc3ccccc3)n2-c2ccc(C)cc2C)cc1. The highest BCUT2D eigenvalue weighted by Gasteiger charge is 2.18. The Bertz CT molecular complexity index is 1240. The summed E-state index contributed by atoms with van der Waals surface area (Å²) in [5.74, 6) is 1.56. The largest absolute Gasteiger partial charge is 0.486 e. The Morgan fingerprint density at radius 3 is 2.39 bits per heavy atom. The van der Waals surface area contributed by atoms with Gasteiger partial charge >= 0.3 is 0 Å². The summed E-state index contributed by atoms with van der Waals surface area (Å²) in [4.78, 5) is 12.5. The molecule has 0 aliphatic heterocycles. The highest BCUT2D eigenvalue weighted by Crippen LogP contribution is 2.26. The second-order valence-electron chi connectivity index (χ2n) is 7.83. The van der Waals surface area contributed by atoms with Gasteiger partial charge in [0.1, 0.15) is 12.4 Å². The van der Waals surface area contributed by atoms with E-state index in [2.05, 4.69) is 47.6 Å². The molecule has 0 fully saturated rings. The Balaban J connectivity index is 1.54. The zero-order valence-electron chi connectivity index (χ0n) is 18.9. The van der Waals surface area contributed by atoms with Crippen LogP contribution in [0.15, 0.2) is 78.0 Å². The number of carbonyl (C=O) groups excluding carboxylic acids is 1. The van der Waals surface area contributed by atoms with Crippen molar-refractivity contribution in [2.45, 2.75) is 32.5 Å². The number of nitrogens with zero attached hydrogens (tertiary/aromatic N) is 3. The van der Waals surface area contributed by atoms with Crippen molar-refractivity contribution in [1.82, 2.24) is 14.8 Å². The van der Waals surface area contributed by atoms with Crippen molar-refractivity contribution in [3.05, 3.63) is 95.3 Å². The summed E-state index contributed by atoms with van der Waals surface area (Å²) >= 11 is 1.35. The molecule has 0 aliphatic carbocycles. The van der Waals surface area contributed by atoms with Crippen molar-refractivity contribution in [3.8, 4) is 11.4 Å². The summed E-state index contributed by atoms with van der Waals surface area (Å²) in [5.41, 5.74) is 5.17. The minimum atomic E-state index is -0.0962. The number of rotatable bonds is 8. The summed E-state index contributed by atoms with van der Waals surface area (Å²) in [6, 6.07) is 23.6. The van der Waals surface area contributed by atoms with Crippen LogP contribution in [0.25, 0.3) is 5.69 Å². The topological polar surface area (TPSA) is 69.0 Å². The van der Waals surface area contributed by atoms with E-state index >= 15 is 0 Å². The van der Waals surface area contributed by atoms with E-state index in [9.17, 15) is 4.79 Å². The molecule has 1 amide bonds. The van der Waals surface area contributed by atoms with Crippen LogP contribution in [0.1, 0.15) is 22.5 Å². The fourth-order valence-electron chi connectivity index (χ4n) is 3.41. The van der Waals surface area contributed by atoms with E-state index in [1.807, 2.05) is 66.1 Å². The molecule has 0 bridgehead atoms. The van der Waals surface area contributed by atoms with Crippen molar-refractivity contribution in [2.75, 3.05) is 11.1 Å². The second-order valence-corrected chi connectivity index (χ2v) is 8.77. The third kappa shape index (κ3) is 5.81. The molecule has 0 unspecified atom stereocenters. The van der Waals surface area contributed by atoms with Crippen LogP contribution in [0.5, 0.6) is 5.75 Å². The molecular weight excluding hydrogens is 432 g/mol. The minimum Gasteiger partial charge on any atom is -0.486 e. The highest BCUT2D eigenvalue weighted by atomic mass is 32.2. The lowest BCUT2D eigenvalue weighted by molar-refractivity contribution is -0.113. The number of nitrogens with one attached hydrogen (secondary N) is 1. The Hall–Kier alpha value is -3.58. The first-order chi connectivity index (χ1) is 16.0. The monoisotopic (exact) mass is 458 g/mol. The molecule has 3 aromatic carbocycles. The molecule has 4 rings (SSSR count). The van der Waals surface area contributed by atoms with Gasteiger partial charge in [-0.25, -0.2) is 0 Å². The van der Waals surface area contributed by atoms with Crippen LogP contribution in [0.3, 0.4) is 0 Å². The lowest BCUT2D eigenvalue weighted by Gasteiger charge is -2.14. The number of para-hydroxylation sites is 1. The van der Waals surface area contributed by atoms with E-state index in [0.717, 1.165) is 28.3 Å². The van der Waals surface area contributed by atoms with Crippen molar-refractivity contribution < 1.29 is 9.53 Å². The molecule has 1 N–H and O–H groups in total. The van der Waals surface area contributed by atoms with Crippen LogP contribution in [0.4, 0.5) is 5.69 Å². The lowest BCUT2D eigenvalue weighted by Crippen LogP contribution is -2.15. The van der Waals surface area contributed by atoms with Crippen LogP contribution < -0.4 is 10.1 Å². The van der Waals surface area contributed by atoms with Gasteiger partial charge in [-0.15, -0.1) is 10.2 Å². The van der Waals surface area contributed by atoms with Gasteiger partial charge in [0.25, 0.3) is 0 Å². The summed E-state index contributed by atoms with van der Waals surface area (Å²) in [6.07, 6.45) is 0. The van der Waals surface area contributed by atoms with Gasteiger partial charge in [0.05, 0.1) is 11.4 Å². The Kier molecular flexibility index (Phi) is 7.10. The number of carbonyl (C=O) groups is 1. The van der Waals surface area contributed by atoms with Crippen molar-refractivity contribution in [2.24, 2.45) is 0 Å². The predicted octanol–water partition coefficient (Wildman–Crippen LogP) is 5.50. The molecule has 6 nitrogen and oxygen atoms in total. The number of thioether (sulfide) groups is 1. The minimum absolute atomic E-state index is 0.0962. The average Bonchev–Trinajstić information content (AvgIpc) is 3.21. The number of ether oxygens (including phenoxy) is 1. The smallest absolute Gasteiger partial charge is 0.234 e. The molecule has 4 aromatic rings. The number of aromatic nitrogens is 3. The first kappa shape index (κ1) is 22.6. The molecule has 33 heavy (non-hydrogen) atoms. The lowest BCUT2D eigenvalue weighted by atomic mass is 10.1. The zero-order chi connectivity index (χ0) is 23.2. The standard InChI is InChI=1S/C26H26N4O2S/c1-18-9-12-21(13-10-18)27-25(31)17-33-26-29-28-24(16-32-22-7-5-4-6-8-22)30(26)23-14-11-19(2)15-20(23)3/h4-15H,16-17H2,1-3H3,(H,27,31). The average molecular weight is 459 g/mol. The third-order valence-corrected chi connectivity index (χ3v) is 6.00. The van der Waals surface area contributed by atoms with Gasteiger partial charge in [0.15, 0.2) is 11.0 Å². The maximum atomic E-state index is 12.5. The predicted molar refractivity (Wildman–Crippen MR) is 132 cm³/mol. The Morgan fingerprint density at radius 1 is 0.939 bits per heavy atom. The van der Waals surface area contributed by atoms with Crippen LogP contribution >= 0.6 is 11.8 Å². The molecule has 0 radical (unpaired) electrons. The van der Waals surface area contributed by atoms with Gasteiger partial charge in [-0.1, -0.05) is 65.4 Å². The van der Waals surface area contributed by atoms with Gasteiger partial charge in [-0.2, -0.15) is 0 Å². The van der Waals surface area contributed by atoms with Gasteiger partial charge in [-0.3, -0.25) is 9.36 Å². The van der Waals surface area contributed by atoms with Crippen LogP contribution in [0, 0.1) is 20.8 Å². The van der Waals surface area contributed by atoms with Crippen LogP contribution in [0.2, 0.25) is 0 Å². The molecule has 7 heteroatoms. The van der Waals surface area contributed by atoms with Crippen molar-refractivity contribution >= 4 is 23.4 Å². The quantitative estimate of drug-likeness (QED) is 0.353. The third-order valence-electron chi connectivity index (χ3n) is 5.07. The number of hydrogen-bond acceptors (Lipinski definition) is 5. The Morgan fingerprint density at radius 2 is 1.67 bits per heavy atom. The van der Waals surface area contributed by atoms with E-state index in [1.54, 1.807) is 0 Å². The maximum Gasteiger partial charge on any atom is 0.234 e. The second kappa shape index (κ2) is 10.4. The van der Waals surface area contributed by atoms with E-state index in [1.165, 1.54) is 17.3 Å². The number of anilines is 1. The first-order valence-electron chi connectivity index (χ1n) is 10.7. The molecular formula is C26H26N4O2S. The van der Waals surface area contributed by atoms with Crippen molar-refractivity contribution in [3.63, 3.8) is 0 Å². The van der Waals surface area contributed by atoms with Crippen molar-refractivity contribution in [1.29, 1.82) is 0 Å². The normalized spacial score (nSPS) is 10.8. The first-order valence-corrected chi connectivity index (χ1v) is 11.7. The van der Waals surface area contributed by atoms with E-state index in [4.69, 9.17) is 4.74 Å². The molecule has 0 saturated carbocycles. The van der Waals surface area contributed by atoms with E-state index in [0.29, 0.717) is 11.0 Å². The summed E-state index contributed by atoms with van der Waals surface area (Å²) in [7, 11) is 0. The maximum absolute atomic E-state index is 12.5. The molecule has 168 valence electrons. The summed E-state index contributed by atoms with van der Waals surface area (Å²) < 4.78 is 7.91. The van der Waals surface area contributed by atoms with Gasteiger partial charge in [0.2, 0.25) is 5.91 Å². The molecule has 0 spiro atoms. The fraction of sp³-hybridized carbons (Fsp3) is 0.192. The van der Waals surface area contributed by atoms with Gasteiger partial charge in [0, 0.05) is 5.69 Å². The highest BCUT2D eigenvalue weighted by molar-refractivity contribution is 7.99. The molecule has 0 saturated heterocycles. The molecule has 0 atom stereocenters. The summed E-state index contributed by atoms with van der Waals surface area (Å²) in [5, 5.41) is 12.3. The van der Waals surface area contributed by atoms with Crippen LogP contribution in [-0.2, 0) is 11.4 Å². The van der Waals surface area contributed by atoms with Gasteiger partial charge < -0.3 is 10.1 Å². The Labute approximate surface area is 198 Å². The summed E-state index contributed by atoms with van der Waals surface area (Å²) in [6.45, 7) is 6.40. The molecule has 1 heterocycles. The zero-order valence-corrected chi connectivity index (χ0v) is 19.7. The van der Waals surface area contributed by atoms with E-state index < -0.39 is 0 Å². The number of hydrogen-bond donors (Lipinski definition) is 1. The van der Waals surface area contributed by atoms with E-state index in [-0.39, 0.29) is 18.3 Å².